The summed E-state index contributed by atoms with van der Waals surface area (Å²) in [5.41, 5.74) is 5.74. The Balaban J connectivity index is 2.60. The average molecular weight is 271 g/mol. The molecule has 0 atom stereocenters. The van der Waals surface area contributed by atoms with Gasteiger partial charge in [-0.1, -0.05) is 29.4 Å². The summed E-state index contributed by atoms with van der Waals surface area (Å²) in [6, 6.07) is 4.62. The summed E-state index contributed by atoms with van der Waals surface area (Å²) < 4.78 is 13.8. The number of halogens is 2. The molecule has 0 unspecified atom stereocenters. The van der Waals surface area contributed by atoms with Crippen molar-refractivity contribution in [2.24, 2.45) is 0 Å². The van der Waals surface area contributed by atoms with Crippen LogP contribution in [0, 0.1) is 5.82 Å². The minimum Gasteiger partial charge on any atom is -0.368 e. The third-order valence-electron chi connectivity index (χ3n) is 2.01. The minimum atomic E-state index is -0.563. The van der Waals surface area contributed by atoms with E-state index in [9.17, 15) is 4.39 Å². The number of thioether (sulfide) groups is 1. The quantitative estimate of drug-likeness (QED) is 0.850. The van der Waals surface area contributed by atoms with Crippen LogP contribution < -0.4 is 5.73 Å². The van der Waals surface area contributed by atoms with E-state index in [1.807, 2.05) is 0 Å². The van der Waals surface area contributed by atoms with Crippen LogP contribution in [0.4, 0.5) is 10.3 Å². The van der Waals surface area contributed by atoms with Gasteiger partial charge in [-0.3, -0.25) is 0 Å². The highest BCUT2D eigenvalue weighted by molar-refractivity contribution is 7.98. The maximum Gasteiger partial charge on any atom is 0.224 e. The molecule has 1 aromatic heterocycles. The van der Waals surface area contributed by atoms with Crippen LogP contribution in [0.5, 0.6) is 0 Å². The molecule has 2 aromatic rings. The van der Waals surface area contributed by atoms with Crippen molar-refractivity contribution in [1.82, 2.24) is 15.0 Å². The standard InChI is InChI=1S/C10H8ClFN4S/c1-17-10-15-8(14-9(13)16-10)5-3-2-4-6(11)7(5)12/h2-4H,1H3,(H2,13,14,15,16). The molecule has 2 N–H and O–H groups in total. The van der Waals surface area contributed by atoms with Crippen LogP contribution in [-0.4, -0.2) is 21.2 Å². The van der Waals surface area contributed by atoms with Gasteiger partial charge < -0.3 is 5.73 Å². The number of rotatable bonds is 2. The van der Waals surface area contributed by atoms with Crippen LogP contribution in [0.15, 0.2) is 23.4 Å². The van der Waals surface area contributed by atoms with Crippen LogP contribution in [0.2, 0.25) is 5.02 Å². The van der Waals surface area contributed by atoms with Crippen molar-refractivity contribution in [2.75, 3.05) is 12.0 Å². The zero-order chi connectivity index (χ0) is 12.4. The zero-order valence-electron chi connectivity index (χ0n) is 8.82. The van der Waals surface area contributed by atoms with Crippen molar-refractivity contribution in [3.05, 3.63) is 29.0 Å². The lowest BCUT2D eigenvalue weighted by Crippen LogP contribution is -2.02. The van der Waals surface area contributed by atoms with E-state index in [0.29, 0.717) is 5.16 Å². The van der Waals surface area contributed by atoms with E-state index < -0.39 is 5.82 Å². The van der Waals surface area contributed by atoms with E-state index >= 15 is 0 Å². The van der Waals surface area contributed by atoms with Gasteiger partial charge in [-0.05, 0) is 18.4 Å². The molecule has 0 fully saturated rings. The fourth-order valence-electron chi connectivity index (χ4n) is 1.26. The van der Waals surface area contributed by atoms with Crippen LogP contribution in [0.1, 0.15) is 0 Å². The van der Waals surface area contributed by atoms with Crippen molar-refractivity contribution in [3.63, 3.8) is 0 Å². The Morgan fingerprint density at radius 3 is 2.76 bits per heavy atom. The molecule has 88 valence electrons. The number of hydrogen-bond donors (Lipinski definition) is 1. The normalized spacial score (nSPS) is 10.5. The highest BCUT2D eigenvalue weighted by Crippen LogP contribution is 2.26. The van der Waals surface area contributed by atoms with Gasteiger partial charge in [-0.15, -0.1) is 0 Å². The summed E-state index contributed by atoms with van der Waals surface area (Å²) in [4.78, 5) is 11.9. The topological polar surface area (TPSA) is 64.7 Å². The van der Waals surface area contributed by atoms with Gasteiger partial charge in [0, 0.05) is 0 Å². The molecule has 4 nitrogen and oxygen atoms in total. The number of hydrogen-bond acceptors (Lipinski definition) is 5. The Labute approximate surface area is 106 Å². The predicted octanol–water partition coefficient (Wildman–Crippen LogP) is 2.64. The first kappa shape index (κ1) is 12.1. The molecule has 0 radical (unpaired) electrons. The Morgan fingerprint density at radius 2 is 2.06 bits per heavy atom. The average Bonchev–Trinajstić information content (AvgIpc) is 2.31. The maximum absolute atomic E-state index is 13.8. The molecule has 1 aromatic carbocycles. The summed E-state index contributed by atoms with van der Waals surface area (Å²) in [6.07, 6.45) is 1.80. The number of nitrogen functional groups attached to an aromatic ring is 1. The first-order valence-electron chi connectivity index (χ1n) is 4.61. The van der Waals surface area contributed by atoms with Gasteiger partial charge in [0.05, 0.1) is 10.6 Å². The Morgan fingerprint density at radius 1 is 1.29 bits per heavy atom. The lowest BCUT2D eigenvalue weighted by molar-refractivity contribution is 0.630. The van der Waals surface area contributed by atoms with Crippen LogP contribution in [-0.2, 0) is 0 Å². The highest BCUT2D eigenvalue weighted by atomic mass is 35.5. The monoisotopic (exact) mass is 270 g/mol. The van der Waals surface area contributed by atoms with Crippen molar-refractivity contribution in [1.29, 1.82) is 0 Å². The molecular weight excluding hydrogens is 263 g/mol. The highest BCUT2D eigenvalue weighted by Gasteiger charge is 2.13. The summed E-state index contributed by atoms with van der Waals surface area (Å²) >= 11 is 7.00. The third-order valence-corrected chi connectivity index (χ3v) is 2.85. The number of aromatic nitrogens is 3. The summed E-state index contributed by atoms with van der Waals surface area (Å²) in [7, 11) is 0. The molecule has 0 aliphatic heterocycles. The fourth-order valence-corrected chi connectivity index (χ4v) is 1.80. The van der Waals surface area contributed by atoms with Gasteiger partial charge in [-0.25, -0.2) is 9.37 Å². The second-order valence-electron chi connectivity index (χ2n) is 3.11. The molecule has 0 aliphatic carbocycles. The number of anilines is 1. The molecule has 17 heavy (non-hydrogen) atoms. The minimum absolute atomic E-state index is 0.0205. The lowest BCUT2D eigenvalue weighted by atomic mass is 10.2. The molecule has 0 spiro atoms. The third kappa shape index (κ3) is 2.48. The van der Waals surface area contributed by atoms with E-state index in [1.54, 1.807) is 18.4 Å². The molecule has 0 aliphatic rings. The Hall–Kier alpha value is -1.40. The molecule has 1 heterocycles. The smallest absolute Gasteiger partial charge is 0.224 e. The molecular formula is C10H8ClFN4S. The largest absolute Gasteiger partial charge is 0.368 e. The van der Waals surface area contributed by atoms with Crippen molar-refractivity contribution >= 4 is 29.3 Å². The number of nitrogens with zero attached hydrogens (tertiary/aromatic N) is 3. The van der Waals surface area contributed by atoms with Gasteiger partial charge in [0.1, 0.15) is 0 Å². The molecule has 0 amide bonds. The van der Waals surface area contributed by atoms with E-state index in [0.717, 1.165) is 0 Å². The van der Waals surface area contributed by atoms with E-state index in [1.165, 1.54) is 17.8 Å². The first-order chi connectivity index (χ1) is 8.11. The molecule has 2 rings (SSSR count). The van der Waals surface area contributed by atoms with E-state index in [2.05, 4.69) is 15.0 Å². The predicted molar refractivity (Wildman–Crippen MR) is 66.4 cm³/mol. The van der Waals surface area contributed by atoms with Crippen molar-refractivity contribution < 1.29 is 4.39 Å². The summed E-state index contributed by atoms with van der Waals surface area (Å²) in [6.45, 7) is 0. The molecule has 0 saturated carbocycles. The first-order valence-corrected chi connectivity index (χ1v) is 6.22. The van der Waals surface area contributed by atoms with E-state index in [-0.39, 0.29) is 22.4 Å². The Bertz CT molecular complexity index is 564. The van der Waals surface area contributed by atoms with Gasteiger partial charge >= 0.3 is 0 Å². The van der Waals surface area contributed by atoms with Crippen LogP contribution in [0.25, 0.3) is 11.4 Å². The molecule has 0 bridgehead atoms. The second kappa shape index (κ2) is 4.85. The van der Waals surface area contributed by atoms with Gasteiger partial charge in [0.2, 0.25) is 5.95 Å². The Kier molecular flexibility index (Phi) is 3.44. The maximum atomic E-state index is 13.8. The van der Waals surface area contributed by atoms with Crippen LogP contribution >= 0.6 is 23.4 Å². The van der Waals surface area contributed by atoms with Crippen molar-refractivity contribution in [2.45, 2.75) is 5.16 Å². The summed E-state index contributed by atoms with van der Waals surface area (Å²) in [5, 5.41) is 0.457. The second-order valence-corrected chi connectivity index (χ2v) is 4.29. The fraction of sp³-hybridized carbons (Fsp3) is 0.100. The number of nitrogens with two attached hydrogens (primary N) is 1. The molecule has 0 saturated heterocycles. The van der Waals surface area contributed by atoms with E-state index in [4.69, 9.17) is 17.3 Å². The lowest BCUT2D eigenvalue weighted by Gasteiger charge is -2.05. The summed E-state index contributed by atoms with van der Waals surface area (Å²) in [5.74, 6) is -0.326. The van der Waals surface area contributed by atoms with Gasteiger partial charge in [0.15, 0.2) is 16.8 Å². The SMILES string of the molecule is CSc1nc(N)nc(-c2cccc(Cl)c2F)n1. The van der Waals surface area contributed by atoms with Gasteiger partial charge in [-0.2, -0.15) is 9.97 Å². The van der Waals surface area contributed by atoms with Crippen LogP contribution in [0.3, 0.4) is 0 Å². The van der Waals surface area contributed by atoms with Gasteiger partial charge in [0.25, 0.3) is 0 Å². The zero-order valence-corrected chi connectivity index (χ0v) is 10.4. The number of benzene rings is 1. The van der Waals surface area contributed by atoms with Crippen molar-refractivity contribution in [3.8, 4) is 11.4 Å². The molecule has 7 heteroatoms.